The number of carbonyl (C=O) groups is 1. The topological polar surface area (TPSA) is 57.2 Å². The van der Waals surface area contributed by atoms with E-state index in [1.54, 1.807) is 0 Å². The maximum absolute atomic E-state index is 13.0. The molecule has 6 heteroatoms. The van der Waals surface area contributed by atoms with Gasteiger partial charge >= 0.3 is 0 Å². The van der Waals surface area contributed by atoms with Crippen LogP contribution in [-0.2, 0) is 7.05 Å². The Balaban J connectivity index is 1.47. The van der Waals surface area contributed by atoms with Crippen molar-refractivity contribution in [2.45, 2.75) is 19.9 Å². The Kier molecular flexibility index (Phi) is 4.48. The standard InChI is InChI=1S/C21H25N5O/c1-15-6-8-17(9-7-15)25-11-12-26(16(2)14-25)21(27)19-13-18(22-23-19)20-5-4-10-24(20)3/h4-10,13,16H,11-12,14H2,1-3H3,(H,22,23). The molecular weight excluding hydrogens is 338 g/mol. The molecule has 1 N–H and O–H groups in total. The van der Waals surface area contributed by atoms with E-state index in [-0.39, 0.29) is 11.9 Å². The minimum absolute atomic E-state index is 0.0130. The first-order valence-electron chi connectivity index (χ1n) is 9.32. The Hall–Kier alpha value is -3.02. The molecule has 1 amide bonds. The van der Waals surface area contributed by atoms with E-state index in [2.05, 4.69) is 53.2 Å². The van der Waals surface area contributed by atoms with Crippen LogP contribution >= 0.6 is 0 Å². The van der Waals surface area contributed by atoms with Crippen LogP contribution in [0, 0.1) is 6.92 Å². The molecule has 0 spiro atoms. The summed E-state index contributed by atoms with van der Waals surface area (Å²) in [6.07, 6.45) is 1.97. The number of benzene rings is 1. The highest BCUT2D eigenvalue weighted by atomic mass is 16.2. The first-order valence-corrected chi connectivity index (χ1v) is 9.32. The number of hydrogen-bond acceptors (Lipinski definition) is 3. The molecule has 1 atom stereocenters. The van der Waals surface area contributed by atoms with Crippen molar-refractivity contribution in [1.82, 2.24) is 19.7 Å². The van der Waals surface area contributed by atoms with Crippen molar-refractivity contribution in [3.63, 3.8) is 0 Å². The van der Waals surface area contributed by atoms with E-state index in [9.17, 15) is 4.79 Å². The van der Waals surface area contributed by atoms with Crippen molar-refractivity contribution >= 4 is 11.6 Å². The van der Waals surface area contributed by atoms with Gasteiger partial charge in [0.2, 0.25) is 0 Å². The van der Waals surface area contributed by atoms with Crippen molar-refractivity contribution in [3.05, 3.63) is 59.9 Å². The van der Waals surface area contributed by atoms with E-state index in [1.165, 1.54) is 11.3 Å². The van der Waals surface area contributed by atoms with Crippen LogP contribution in [0.5, 0.6) is 0 Å². The Morgan fingerprint density at radius 2 is 1.96 bits per heavy atom. The average molecular weight is 363 g/mol. The SMILES string of the molecule is Cc1ccc(N2CCN(C(=O)c3cc(-c4cccn4C)n[nH]3)C(C)C2)cc1. The lowest BCUT2D eigenvalue weighted by atomic mass is 10.1. The summed E-state index contributed by atoms with van der Waals surface area (Å²) in [6.45, 7) is 6.56. The van der Waals surface area contributed by atoms with E-state index >= 15 is 0 Å². The number of nitrogens with zero attached hydrogens (tertiary/aromatic N) is 4. The Bertz CT molecular complexity index is 940. The monoisotopic (exact) mass is 363 g/mol. The molecule has 1 aromatic carbocycles. The first-order chi connectivity index (χ1) is 13.0. The number of aryl methyl sites for hydroxylation is 2. The summed E-state index contributed by atoms with van der Waals surface area (Å²) in [5.74, 6) is 0.0130. The van der Waals surface area contributed by atoms with Gasteiger partial charge in [0.15, 0.2) is 0 Å². The molecule has 0 radical (unpaired) electrons. The van der Waals surface area contributed by atoms with Gasteiger partial charge in [-0.25, -0.2) is 0 Å². The lowest BCUT2D eigenvalue weighted by molar-refractivity contribution is 0.0668. The quantitative estimate of drug-likeness (QED) is 0.778. The average Bonchev–Trinajstić information content (AvgIpc) is 3.30. The number of aromatic nitrogens is 3. The molecule has 3 heterocycles. The molecule has 2 aromatic heterocycles. The maximum Gasteiger partial charge on any atom is 0.272 e. The zero-order valence-electron chi connectivity index (χ0n) is 16.0. The van der Waals surface area contributed by atoms with Crippen molar-refractivity contribution < 1.29 is 4.79 Å². The fourth-order valence-electron chi connectivity index (χ4n) is 3.69. The minimum atomic E-state index is 0.0130. The molecule has 0 bridgehead atoms. The number of rotatable bonds is 3. The Morgan fingerprint density at radius 1 is 1.19 bits per heavy atom. The lowest BCUT2D eigenvalue weighted by Crippen LogP contribution is -2.54. The van der Waals surface area contributed by atoms with Crippen molar-refractivity contribution in [2.75, 3.05) is 24.5 Å². The molecule has 0 saturated carbocycles. The predicted molar refractivity (Wildman–Crippen MR) is 107 cm³/mol. The first kappa shape index (κ1) is 17.4. The number of nitrogens with one attached hydrogen (secondary N) is 1. The fourth-order valence-corrected chi connectivity index (χ4v) is 3.69. The molecule has 6 nitrogen and oxygen atoms in total. The van der Waals surface area contributed by atoms with Crippen LogP contribution in [0.4, 0.5) is 5.69 Å². The van der Waals surface area contributed by atoms with Gasteiger partial charge in [-0.15, -0.1) is 0 Å². The second kappa shape index (κ2) is 6.95. The molecule has 0 aliphatic carbocycles. The van der Waals surface area contributed by atoms with Crippen LogP contribution in [0.1, 0.15) is 23.0 Å². The summed E-state index contributed by atoms with van der Waals surface area (Å²) in [6, 6.07) is 14.5. The third kappa shape index (κ3) is 3.35. The van der Waals surface area contributed by atoms with Crippen LogP contribution in [0.15, 0.2) is 48.7 Å². The summed E-state index contributed by atoms with van der Waals surface area (Å²) < 4.78 is 1.99. The molecule has 3 aromatic rings. The highest BCUT2D eigenvalue weighted by molar-refractivity contribution is 5.93. The van der Waals surface area contributed by atoms with Crippen LogP contribution in [-0.4, -0.2) is 51.2 Å². The molecule has 1 aliphatic rings. The molecule has 1 saturated heterocycles. The number of piperazine rings is 1. The van der Waals surface area contributed by atoms with Crippen LogP contribution in [0.2, 0.25) is 0 Å². The fraction of sp³-hybridized carbons (Fsp3) is 0.333. The normalized spacial score (nSPS) is 17.4. The van der Waals surface area contributed by atoms with Gasteiger partial charge in [0, 0.05) is 44.6 Å². The molecule has 4 rings (SSSR count). The van der Waals surface area contributed by atoms with Crippen LogP contribution < -0.4 is 4.90 Å². The number of carbonyl (C=O) groups excluding carboxylic acids is 1. The van der Waals surface area contributed by atoms with Crippen molar-refractivity contribution in [2.24, 2.45) is 7.05 Å². The molecule has 1 fully saturated rings. The van der Waals surface area contributed by atoms with Gasteiger partial charge in [-0.2, -0.15) is 5.10 Å². The summed E-state index contributed by atoms with van der Waals surface area (Å²) in [4.78, 5) is 17.3. The molecule has 1 aliphatic heterocycles. The van der Waals surface area contributed by atoms with E-state index in [4.69, 9.17) is 0 Å². The van der Waals surface area contributed by atoms with E-state index in [1.807, 2.05) is 40.9 Å². The number of hydrogen-bond donors (Lipinski definition) is 1. The van der Waals surface area contributed by atoms with Gasteiger partial charge in [0.25, 0.3) is 5.91 Å². The van der Waals surface area contributed by atoms with E-state index in [0.717, 1.165) is 24.5 Å². The van der Waals surface area contributed by atoms with Gasteiger partial charge in [0.1, 0.15) is 11.4 Å². The molecule has 27 heavy (non-hydrogen) atoms. The van der Waals surface area contributed by atoms with Gasteiger partial charge in [-0.1, -0.05) is 17.7 Å². The van der Waals surface area contributed by atoms with Crippen LogP contribution in [0.25, 0.3) is 11.4 Å². The number of aromatic amines is 1. The summed E-state index contributed by atoms with van der Waals surface area (Å²) >= 11 is 0. The van der Waals surface area contributed by atoms with Gasteiger partial charge < -0.3 is 14.4 Å². The zero-order valence-corrected chi connectivity index (χ0v) is 16.0. The minimum Gasteiger partial charge on any atom is -0.368 e. The number of amides is 1. The summed E-state index contributed by atoms with van der Waals surface area (Å²) in [5, 5.41) is 7.25. The Labute approximate surface area is 159 Å². The molecule has 140 valence electrons. The summed E-state index contributed by atoms with van der Waals surface area (Å²) in [5.41, 5.74) is 4.79. The largest absolute Gasteiger partial charge is 0.368 e. The molecular formula is C21H25N5O. The van der Waals surface area contributed by atoms with E-state index < -0.39 is 0 Å². The highest BCUT2D eigenvalue weighted by Gasteiger charge is 2.29. The van der Waals surface area contributed by atoms with Gasteiger partial charge in [-0.05, 0) is 44.2 Å². The summed E-state index contributed by atoms with van der Waals surface area (Å²) in [7, 11) is 1.97. The third-order valence-corrected chi connectivity index (χ3v) is 5.30. The maximum atomic E-state index is 13.0. The lowest BCUT2D eigenvalue weighted by Gasteiger charge is -2.40. The van der Waals surface area contributed by atoms with Gasteiger partial charge in [-0.3, -0.25) is 9.89 Å². The Morgan fingerprint density at radius 3 is 2.63 bits per heavy atom. The third-order valence-electron chi connectivity index (χ3n) is 5.30. The van der Waals surface area contributed by atoms with Crippen molar-refractivity contribution in [1.29, 1.82) is 0 Å². The van der Waals surface area contributed by atoms with Crippen molar-refractivity contribution in [3.8, 4) is 11.4 Å². The molecule has 1 unspecified atom stereocenters. The highest BCUT2D eigenvalue weighted by Crippen LogP contribution is 2.22. The smallest absolute Gasteiger partial charge is 0.272 e. The second-order valence-electron chi connectivity index (χ2n) is 7.30. The predicted octanol–water partition coefficient (Wildman–Crippen LogP) is 3.07. The zero-order chi connectivity index (χ0) is 19.0. The van der Waals surface area contributed by atoms with Gasteiger partial charge in [0.05, 0.1) is 5.69 Å². The second-order valence-corrected chi connectivity index (χ2v) is 7.30. The van der Waals surface area contributed by atoms with Crippen LogP contribution in [0.3, 0.4) is 0 Å². The number of anilines is 1. The number of H-pyrrole nitrogens is 1. The van der Waals surface area contributed by atoms with E-state index in [0.29, 0.717) is 12.2 Å².